The minimum absolute atomic E-state index is 0.212. The number of hydrogen-bond donors (Lipinski definition) is 1. The molecule has 1 atom stereocenters. The van der Waals surface area contributed by atoms with E-state index in [0.717, 1.165) is 17.2 Å². The Hall–Kier alpha value is -1.46. The van der Waals surface area contributed by atoms with Gasteiger partial charge in [0.25, 0.3) is 0 Å². The van der Waals surface area contributed by atoms with Gasteiger partial charge in [-0.15, -0.1) is 0 Å². The molecule has 106 valence electrons. The Morgan fingerprint density at radius 2 is 2.10 bits per heavy atom. The number of aromatic nitrogens is 1. The quantitative estimate of drug-likeness (QED) is 0.935. The first-order valence-electron chi connectivity index (χ1n) is 6.85. The zero-order chi connectivity index (χ0) is 14.1. The number of nitrogens with one attached hydrogen (secondary N) is 1. The van der Waals surface area contributed by atoms with Gasteiger partial charge in [0.2, 0.25) is 0 Å². The van der Waals surface area contributed by atoms with E-state index in [1.54, 1.807) is 23.5 Å². The van der Waals surface area contributed by atoms with Crippen LogP contribution in [0.5, 0.6) is 0 Å². The van der Waals surface area contributed by atoms with Crippen LogP contribution in [0.15, 0.2) is 24.3 Å². The smallest absolute Gasteiger partial charge is 0.190 e. The van der Waals surface area contributed by atoms with Gasteiger partial charge < -0.3 is 10.2 Å². The molecule has 1 aliphatic rings. The van der Waals surface area contributed by atoms with Crippen molar-refractivity contribution >= 4 is 22.2 Å². The molecule has 0 aliphatic heterocycles. The maximum absolute atomic E-state index is 13.0. The van der Waals surface area contributed by atoms with Crippen LogP contribution in [-0.4, -0.2) is 19.1 Å². The second-order valence-corrected chi connectivity index (χ2v) is 6.09. The summed E-state index contributed by atoms with van der Waals surface area (Å²) in [6.07, 6.45) is 3.41. The molecule has 3 nitrogen and oxygen atoms in total. The van der Waals surface area contributed by atoms with Crippen molar-refractivity contribution in [2.24, 2.45) is 0 Å². The van der Waals surface area contributed by atoms with Crippen molar-refractivity contribution in [3.63, 3.8) is 0 Å². The monoisotopic (exact) mass is 291 g/mol. The highest BCUT2D eigenvalue weighted by atomic mass is 32.1. The van der Waals surface area contributed by atoms with Crippen molar-refractivity contribution in [1.29, 1.82) is 0 Å². The number of halogens is 1. The second-order valence-electron chi connectivity index (χ2n) is 5.08. The van der Waals surface area contributed by atoms with E-state index in [1.807, 2.05) is 19.0 Å². The fraction of sp³-hybridized carbons (Fsp3) is 0.400. The molecule has 1 heterocycles. The average Bonchev–Trinajstić information content (AvgIpc) is 2.91. The lowest BCUT2D eigenvalue weighted by atomic mass is 9.98. The molecule has 1 unspecified atom stereocenters. The number of rotatable bonds is 3. The Labute approximate surface area is 122 Å². The molecule has 0 saturated heterocycles. The van der Waals surface area contributed by atoms with Crippen LogP contribution < -0.4 is 10.2 Å². The maximum atomic E-state index is 13.0. The first-order valence-corrected chi connectivity index (χ1v) is 7.67. The topological polar surface area (TPSA) is 28.2 Å². The van der Waals surface area contributed by atoms with Gasteiger partial charge in [-0.3, -0.25) is 0 Å². The third-order valence-corrected chi connectivity index (χ3v) is 5.08. The van der Waals surface area contributed by atoms with Gasteiger partial charge in [-0.25, -0.2) is 9.37 Å². The fourth-order valence-electron chi connectivity index (χ4n) is 2.60. The molecule has 2 aromatic rings. The number of aryl methyl sites for hydroxylation is 1. The van der Waals surface area contributed by atoms with Crippen molar-refractivity contribution in [1.82, 2.24) is 10.3 Å². The van der Waals surface area contributed by atoms with Gasteiger partial charge in [0.1, 0.15) is 5.82 Å². The molecule has 0 amide bonds. The Morgan fingerprint density at radius 1 is 1.35 bits per heavy atom. The van der Waals surface area contributed by atoms with Gasteiger partial charge in [0.15, 0.2) is 5.13 Å². The summed E-state index contributed by atoms with van der Waals surface area (Å²) >= 11 is 1.73. The molecule has 1 N–H and O–H groups in total. The third-order valence-electron chi connectivity index (χ3n) is 3.79. The number of hydrogen-bond acceptors (Lipinski definition) is 4. The zero-order valence-corrected chi connectivity index (χ0v) is 12.5. The summed E-state index contributed by atoms with van der Waals surface area (Å²) in [6.45, 7) is 0. The Morgan fingerprint density at radius 3 is 2.80 bits per heavy atom. The lowest BCUT2D eigenvalue weighted by Gasteiger charge is -2.19. The normalized spacial score (nSPS) is 17.9. The molecule has 5 heteroatoms. The molecular weight excluding hydrogens is 273 g/mol. The van der Waals surface area contributed by atoms with Crippen molar-refractivity contribution < 1.29 is 4.39 Å². The summed E-state index contributed by atoms with van der Waals surface area (Å²) in [4.78, 5) is 8.13. The summed E-state index contributed by atoms with van der Waals surface area (Å²) in [6, 6.07) is 6.95. The Bertz CT molecular complexity index is 594. The largest absolute Gasteiger partial charge is 0.321 e. The minimum Gasteiger partial charge on any atom is -0.321 e. The molecule has 0 spiro atoms. The third kappa shape index (κ3) is 2.43. The van der Waals surface area contributed by atoms with Gasteiger partial charge in [0.05, 0.1) is 5.69 Å². The Balaban J connectivity index is 1.91. The Kier molecular flexibility index (Phi) is 3.72. The first kappa shape index (κ1) is 13.5. The van der Waals surface area contributed by atoms with Crippen LogP contribution in [0.4, 0.5) is 15.2 Å². The second kappa shape index (κ2) is 5.50. The minimum atomic E-state index is -0.212. The predicted octanol–water partition coefficient (Wildman–Crippen LogP) is 3.65. The first-order chi connectivity index (χ1) is 9.69. The predicted molar refractivity (Wildman–Crippen MR) is 81.3 cm³/mol. The molecule has 0 fully saturated rings. The summed E-state index contributed by atoms with van der Waals surface area (Å²) < 4.78 is 13.0. The zero-order valence-electron chi connectivity index (χ0n) is 11.7. The van der Waals surface area contributed by atoms with E-state index in [0.29, 0.717) is 6.04 Å². The SMILES string of the molecule is CNC1CCCc2nc(N(C)c3ccc(F)cc3)sc21. The van der Waals surface area contributed by atoms with Crippen LogP contribution in [0, 0.1) is 5.82 Å². The van der Waals surface area contributed by atoms with E-state index >= 15 is 0 Å². The number of nitrogens with zero attached hydrogens (tertiary/aromatic N) is 2. The van der Waals surface area contributed by atoms with Crippen LogP contribution in [0.25, 0.3) is 0 Å². The van der Waals surface area contributed by atoms with Crippen molar-refractivity contribution in [3.8, 4) is 0 Å². The molecule has 0 bridgehead atoms. The molecule has 3 rings (SSSR count). The summed E-state index contributed by atoms with van der Waals surface area (Å²) in [5.74, 6) is -0.212. The number of thiazole rings is 1. The van der Waals surface area contributed by atoms with Crippen molar-refractivity contribution in [2.45, 2.75) is 25.3 Å². The lowest BCUT2D eigenvalue weighted by Crippen LogP contribution is -2.19. The fourth-order valence-corrected chi connectivity index (χ4v) is 3.84. The molecule has 0 saturated carbocycles. The summed E-state index contributed by atoms with van der Waals surface area (Å²) in [7, 11) is 3.98. The summed E-state index contributed by atoms with van der Waals surface area (Å²) in [5.41, 5.74) is 2.17. The molecule has 1 aliphatic carbocycles. The van der Waals surface area contributed by atoms with Crippen LogP contribution in [0.1, 0.15) is 29.5 Å². The summed E-state index contributed by atoms with van der Waals surface area (Å²) in [5, 5.41) is 4.34. The number of benzene rings is 1. The van der Waals surface area contributed by atoms with Crippen LogP contribution in [0.3, 0.4) is 0 Å². The lowest BCUT2D eigenvalue weighted by molar-refractivity contribution is 0.501. The standard InChI is InChI=1S/C15H18FN3S/c1-17-12-4-3-5-13-14(12)20-15(18-13)19(2)11-8-6-10(16)7-9-11/h6-9,12,17H,3-5H2,1-2H3. The van der Waals surface area contributed by atoms with E-state index in [9.17, 15) is 4.39 Å². The molecule has 1 aromatic heterocycles. The average molecular weight is 291 g/mol. The van der Waals surface area contributed by atoms with Crippen LogP contribution in [0.2, 0.25) is 0 Å². The van der Waals surface area contributed by atoms with Gasteiger partial charge in [-0.2, -0.15) is 0 Å². The van der Waals surface area contributed by atoms with E-state index in [4.69, 9.17) is 4.98 Å². The molecule has 1 aromatic carbocycles. The molecule has 0 radical (unpaired) electrons. The van der Waals surface area contributed by atoms with Crippen molar-refractivity contribution in [3.05, 3.63) is 40.7 Å². The maximum Gasteiger partial charge on any atom is 0.190 e. The van der Waals surface area contributed by atoms with Gasteiger partial charge >= 0.3 is 0 Å². The highest BCUT2D eigenvalue weighted by Gasteiger charge is 2.24. The van der Waals surface area contributed by atoms with E-state index in [1.165, 1.54) is 35.5 Å². The van der Waals surface area contributed by atoms with E-state index in [-0.39, 0.29) is 5.82 Å². The van der Waals surface area contributed by atoms with Crippen molar-refractivity contribution in [2.75, 3.05) is 19.0 Å². The van der Waals surface area contributed by atoms with Crippen LogP contribution in [-0.2, 0) is 6.42 Å². The van der Waals surface area contributed by atoms with Crippen LogP contribution >= 0.6 is 11.3 Å². The van der Waals surface area contributed by atoms with Gasteiger partial charge in [0, 0.05) is 23.7 Å². The molecular formula is C15H18FN3S. The number of fused-ring (bicyclic) bond motifs is 1. The van der Waals surface area contributed by atoms with Gasteiger partial charge in [-0.1, -0.05) is 11.3 Å². The van der Waals surface area contributed by atoms with E-state index in [2.05, 4.69) is 5.32 Å². The van der Waals surface area contributed by atoms with E-state index < -0.39 is 0 Å². The van der Waals surface area contributed by atoms with Gasteiger partial charge in [-0.05, 0) is 50.6 Å². The highest BCUT2D eigenvalue weighted by Crippen LogP contribution is 2.38. The molecule has 20 heavy (non-hydrogen) atoms. The highest BCUT2D eigenvalue weighted by molar-refractivity contribution is 7.15. The number of anilines is 2.